The summed E-state index contributed by atoms with van der Waals surface area (Å²) >= 11 is 0. The van der Waals surface area contributed by atoms with Crippen molar-refractivity contribution in [3.8, 4) is 0 Å². The van der Waals surface area contributed by atoms with E-state index in [0.29, 0.717) is 0 Å². The van der Waals surface area contributed by atoms with Gasteiger partial charge in [0.05, 0.1) is 0 Å². The minimum Gasteiger partial charge on any atom is -0.550 e. The zero-order chi connectivity index (χ0) is 23.5. The molecular weight excluding hydrogens is 557 g/mol. The summed E-state index contributed by atoms with van der Waals surface area (Å²) < 4.78 is 0. The quantitative estimate of drug-likeness (QED) is 0.222. The summed E-state index contributed by atoms with van der Waals surface area (Å²) in [6.07, 6.45) is 16.8. The predicted octanol–water partition coefficient (Wildman–Crippen LogP) is 3.29. The van der Waals surface area contributed by atoms with Crippen LogP contribution in [0, 0.1) is 46.9 Å². The van der Waals surface area contributed by atoms with Crippen LogP contribution in [0.1, 0.15) is 136 Å². The fourth-order valence-corrected chi connectivity index (χ4v) is 2.62. The van der Waals surface area contributed by atoms with Gasteiger partial charge in [-0.05, 0) is 38.5 Å². The second-order valence-corrected chi connectivity index (χ2v) is 7.61. The summed E-state index contributed by atoms with van der Waals surface area (Å²) in [7, 11) is 0. The Labute approximate surface area is 229 Å². The van der Waals surface area contributed by atoms with E-state index in [1.54, 1.807) is 0 Å². The van der Waals surface area contributed by atoms with Gasteiger partial charge in [-0.1, -0.05) is 97.8 Å². The smallest absolute Gasteiger partial charge is 0.550 e. The Morgan fingerprint density at radius 2 is 0.613 bits per heavy atom. The van der Waals surface area contributed by atoms with Gasteiger partial charge in [0.1, 0.15) is 0 Å². The summed E-state index contributed by atoms with van der Waals surface area (Å²) in [5.41, 5.74) is 0. The van der Waals surface area contributed by atoms with Crippen molar-refractivity contribution in [3.63, 3.8) is 0 Å². The molecule has 0 bridgehead atoms. The third kappa shape index (κ3) is 53.3. The molecule has 0 aliphatic heterocycles. The molecule has 0 aromatic heterocycles. The van der Waals surface area contributed by atoms with E-state index in [-0.39, 0.29) is 66.2 Å². The average Bonchev–Trinajstić information content (AvgIpc) is 2.68. The van der Waals surface area contributed by atoms with Crippen LogP contribution in [0.5, 0.6) is 0 Å². The van der Waals surface area contributed by atoms with Crippen molar-refractivity contribution in [2.75, 3.05) is 0 Å². The molecule has 191 valence electrons. The molecule has 0 fully saturated rings. The second kappa shape index (κ2) is 34.5. The van der Waals surface area contributed by atoms with E-state index >= 15 is 0 Å². The van der Waals surface area contributed by atoms with Crippen LogP contribution >= 0.6 is 0 Å². The maximum Gasteiger partial charge on any atom is 3.00 e. The molecule has 0 saturated heterocycles. The zero-order valence-electron chi connectivity index (χ0n) is 19.9. The zero-order valence-corrected chi connectivity index (χ0v) is 21.7. The monoisotopic (exact) mass is 603 g/mol. The minimum absolute atomic E-state index is 0. The Morgan fingerprint density at radius 1 is 0.419 bits per heavy atom. The van der Waals surface area contributed by atoms with Crippen molar-refractivity contribution in [1.29, 1.82) is 0 Å². The molecule has 0 aromatic rings. The van der Waals surface area contributed by atoms with Gasteiger partial charge < -0.3 is 29.7 Å². The van der Waals surface area contributed by atoms with Gasteiger partial charge in [0, 0.05) is 17.9 Å². The van der Waals surface area contributed by atoms with E-state index in [9.17, 15) is 29.7 Å². The van der Waals surface area contributed by atoms with Crippen molar-refractivity contribution in [2.24, 2.45) is 0 Å². The van der Waals surface area contributed by atoms with E-state index in [0.717, 1.165) is 57.8 Å². The first-order valence-corrected chi connectivity index (χ1v) is 11.9. The molecule has 6 nitrogen and oxygen atoms in total. The Kier molecular flexibility index (Phi) is 42.6. The summed E-state index contributed by atoms with van der Waals surface area (Å²) in [6.45, 7) is 6.41. The molecule has 0 heterocycles. The van der Waals surface area contributed by atoms with Crippen molar-refractivity contribution >= 4 is 17.9 Å². The molecule has 0 aromatic carbocycles. The van der Waals surface area contributed by atoms with Crippen molar-refractivity contribution in [1.82, 2.24) is 0 Å². The van der Waals surface area contributed by atoms with Crippen molar-refractivity contribution in [3.05, 3.63) is 0 Å². The molecule has 7 heteroatoms. The second-order valence-electron chi connectivity index (χ2n) is 7.61. The van der Waals surface area contributed by atoms with Crippen LogP contribution in [-0.4, -0.2) is 17.9 Å². The molecule has 0 N–H and O–H groups in total. The van der Waals surface area contributed by atoms with Crippen LogP contribution in [0.3, 0.4) is 0 Å². The maximum atomic E-state index is 9.92. The molecule has 0 saturated carbocycles. The standard InChI is InChI=1S/3C8H16O2.Yb/c3*1-2-3-4-5-6-7-8(9)10;/h3*2-7H2,1H3,(H,9,10);/q;;;+3/p-3. The molecule has 0 atom stereocenters. The van der Waals surface area contributed by atoms with E-state index < -0.39 is 17.9 Å². The molecule has 0 aliphatic rings. The van der Waals surface area contributed by atoms with Gasteiger partial charge in [0.2, 0.25) is 0 Å². The number of rotatable bonds is 18. The summed E-state index contributed by atoms with van der Waals surface area (Å²) in [5, 5.41) is 29.8. The number of aliphatic carboxylic acids is 3. The minimum atomic E-state index is -0.920. The number of carboxylic acid groups (broad SMARTS) is 3. The average molecular weight is 603 g/mol. The molecular formula is C24H45O6Yb. The third-order valence-corrected chi connectivity index (χ3v) is 4.45. The Bertz CT molecular complexity index is 331. The number of unbranched alkanes of at least 4 members (excludes halogenated alkanes) is 12. The van der Waals surface area contributed by atoms with Crippen LogP contribution in [0.25, 0.3) is 0 Å². The molecule has 0 rings (SSSR count). The Hall–Kier alpha value is -0.0705. The van der Waals surface area contributed by atoms with Gasteiger partial charge in [0.15, 0.2) is 0 Å². The van der Waals surface area contributed by atoms with Gasteiger partial charge in [-0.25, -0.2) is 0 Å². The SMILES string of the molecule is CCCCCCCC(=O)[O-].CCCCCCCC(=O)[O-].CCCCCCCC(=O)[O-].[Yb+3]. The molecule has 1 radical (unpaired) electrons. The van der Waals surface area contributed by atoms with Gasteiger partial charge in [0.25, 0.3) is 0 Å². The van der Waals surface area contributed by atoms with Gasteiger partial charge in [-0.2, -0.15) is 0 Å². The van der Waals surface area contributed by atoms with Gasteiger partial charge in [-0.3, -0.25) is 0 Å². The van der Waals surface area contributed by atoms with Gasteiger partial charge in [-0.15, -0.1) is 0 Å². The number of hydrogen-bond donors (Lipinski definition) is 0. The number of carboxylic acids is 3. The van der Waals surface area contributed by atoms with Crippen LogP contribution < -0.4 is 15.3 Å². The fraction of sp³-hybridized carbons (Fsp3) is 0.875. The summed E-state index contributed by atoms with van der Waals surface area (Å²) in [4.78, 5) is 29.8. The molecule has 0 unspecified atom stereocenters. The number of carbonyl (C=O) groups is 3. The molecule has 0 spiro atoms. The molecule has 31 heavy (non-hydrogen) atoms. The van der Waals surface area contributed by atoms with E-state index in [1.807, 2.05) is 0 Å². The Morgan fingerprint density at radius 3 is 0.774 bits per heavy atom. The van der Waals surface area contributed by atoms with E-state index in [4.69, 9.17) is 0 Å². The van der Waals surface area contributed by atoms with Crippen LogP contribution in [-0.2, 0) is 14.4 Å². The van der Waals surface area contributed by atoms with Crippen LogP contribution in [0.2, 0.25) is 0 Å². The number of carbonyl (C=O) groups excluding carboxylic acids is 3. The fourth-order valence-electron chi connectivity index (χ4n) is 2.62. The van der Waals surface area contributed by atoms with Crippen molar-refractivity contribution < 1.29 is 76.6 Å². The number of hydrogen-bond acceptors (Lipinski definition) is 6. The van der Waals surface area contributed by atoms with Gasteiger partial charge >= 0.3 is 46.9 Å². The normalized spacial score (nSPS) is 9.39. The van der Waals surface area contributed by atoms with E-state index in [2.05, 4.69) is 20.8 Å². The van der Waals surface area contributed by atoms with Crippen LogP contribution in [0.4, 0.5) is 0 Å². The first-order chi connectivity index (χ1) is 14.3. The summed E-state index contributed by atoms with van der Waals surface area (Å²) in [5.74, 6) is -2.76. The summed E-state index contributed by atoms with van der Waals surface area (Å²) in [6, 6.07) is 0. The topological polar surface area (TPSA) is 120 Å². The van der Waals surface area contributed by atoms with Crippen molar-refractivity contribution in [2.45, 2.75) is 136 Å². The largest absolute Gasteiger partial charge is 3.00 e. The first kappa shape index (κ1) is 38.2. The first-order valence-electron chi connectivity index (χ1n) is 11.9. The predicted molar refractivity (Wildman–Crippen MR) is 115 cm³/mol. The Balaban J connectivity index is -0.000000174. The van der Waals surface area contributed by atoms with Crippen LogP contribution in [0.15, 0.2) is 0 Å². The molecule has 0 aliphatic carbocycles. The molecule has 0 amide bonds. The third-order valence-electron chi connectivity index (χ3n) is 4.45. The maximum absolute atomic E-state index is 9.92. The van der Waals surface area contributed by atoms with E-state index in [1.165, 1.54) is 38.5 Å².